The van der Waals surface area contributed by atoms with E-state index in [1.165, 1.54) is 4.68 Å². The van der Waals surface area contributed by atoms with E-state index in [-0.39, 0.29) is 5.56 Å². The van der Waals surface area contributed by atoms with E-state index < -0.39 is 0 Å². The monoisotopic (exact) mass is 339 g/mol. The van der Waals surface area contributed by atoms with Gasteiger partial charge in [0.1, 0.15) is 4.47 Å². The molecule has 108 valence electrons. The molecule has 2 aromatic rings. The highest BCUT2D eigenvalue weighted by Crippen LogP contribution is 2.16. The summed E-state index contributed by atoms with van der Waals surface area (Å²) in [4.78, 5) is 19.1. The van der Waals surface area contributed by atoms with Gasteiger partial charge in [-0.3, -0.25) is 4.79 Å². The Morgan fingerprint density at radius 3 is 2.90 bits per heavy atom. The van der Waals surface area contributed by atoms with Crippen LogP contribution < -0.4 is 10.9 Å². The summed E-state index contributed by atoms with van der Waals surface area (Å²) in [5.74, 6) is 0.381. The molecule has 2 aromatic heterocycles. The van der Waals surface area contributed by atoms with Gasteiger partial charge in [-0.1, -0.05) is 13.8 Å². The van der Waals surface area contributed by atoms with Crippen molar-refractivity contribution in [2.24, 2.45) is 5.92 Å². The summed E-state index contributed by atoms with van der Waals surface area (Å²) in [6.07, 6.45) is 5.93. The summed E-state index contributed by atoms with van der Waals surface area (Å²) >= 11 is 3.34. The number of anilines is 1. The first-order valence-electron chi connectivity index (χ1n) is 6.54. The highest BCUT2D eigenvalue weighted by atomic mass is 79.9. The Labute approximate surface area is 125 Å². The molecular weight excluding hydrogens is 322 g/mol. The van der Waals surface area contributed by atoms with Crippen molar-refractivity contribution >= 4 is 21.6 Å². The molecule has 0 bridgehead atoms. The number of nitrogens with one attached hydrogen (secondary N) is 2. The van der Waals surface area contributed by atoms with Crippen LogP contribution in [-0.2, 0) is 13.0 Å². The van der Waals surface area contributed by atoms with E-state index in [0.717, 1.165) is 17.8 Å². The smallest absolute Gasteiger partial charge is 0.283 e. The molecule has 0 saturated heterocycles. The number of H-pyrrole nitrogens is 1. The van der Waals surface area contributed by atoms with E-state index in [4.69, 9.17) is 0 Å². The van der Waals surface area contributed by atoms with Crippen LogP contribution in [0.3, 0.4) is 0 Å². The molecule has 2 heterocycles. The van der Waals surface area contributed by atoms with E-state index in [0.29, 0.717) is 23.5 Å². The van der Waals surface area contributed by atoms with Crippen molar-refractivity contribution in [2.75, 3.05) is 11.9 Å². The number of halogens is 1. The highest BCUT2D eigenvalue weighted by Gasteiger charge is 2.09. The van der Waals surface area contributed by atoms with Crippen LogP contribution in [0.1, 0.15) is 19.5 Å². The number of aromatic amines is 1. The molecule has 0 amide bonds. The van der Waals surface area contributed by atoms with Gasteiger partial charge in [0.2, 0.25) is 0 Å². The lowest BCUT2D eigenvalue weighted by atomic mass is 10.2. The number of nitrogens with zero attached hydrogens (tertiary/aromatic N) is 3. The molecule has 0 saturated carbocycles. The summed E-state index contributed by atoms with van der Waals surface area (Å²) in [5, 5.41) is 7.39. The van der Waals surface area contributed by atoms with Crippen LogP contribution in [0.2, 0.25) is 0 Å². The third-order valence-electron chi connectivity index (χ3n) is 2.79. The first kappa shape index (κ1) is 14.8. The minimum absolute atomic E-state index is 0.106. The summed E-state index contributed by atoms with van der Waals surface area (Å²) in [5.41, 5.74) is 1.66. The van der Waals surface area contributed by atoms with Crippen LogP contribution in [-0.4, -0.2) is 26.3 Å². The van der Waals surface area contributed by atoms with Gasteiger partial charge in [0, 0.05) is 31.4 Å². The number of aromatic nitrogens is 4. The van der Waals surface area contributed by atoms with Gasteiger partial charge in [0.25, 0.3) is 5.56 Å². The van der Waals surface area contributed by atoms with Crippen LogP contribution in [0.25, 0.3) is 0 Å². The van der Waals surface area contributed by atoms with Crippen molar-refractivity contribution in [3.8, 4) is 0 Å². The molecule has 0 spiro atoms. The lowest BCUT2D eigenvalue weighted by molar-refractivity contribution is 0.462. The Balaban J connectivity index is 2.02. The number of hydrogen-bond acceptors (Lipinski definition) is 4. The standard InChI is InChI=1S/C13H18BrN5O/c1-9(2)7-19-13(20)12(14)11(6-18-19)16-4-3-10-5-15-8-17-10/h5-6,8-9,16H,3-4,7H2,1-2H3,(H,15,17). The molecule has 7 heteroatoms. The maximum absolute atomic E-state index is 12.1. The number of imidazole rings is 1. The van der Waals surface area contributed by atoms with Crippen molar-refractivity contribution in [1.82, 2.24) is 19.7 Å². The lowest BCUT2D eigenvalue weighted by Gasteiger charge is -2.11. The first-order valence-corrected chi connectivity index (χ1v) is 7.34. The average molecular weight is 340 g/mol. The lowest BCUT2D eigenvalue weighted by Crippen LogP contribution is -2.26. The summed E-state index contributed by atoms with van der Waals surface area (Å²) in [6, 6.07) is 0. The molecule has 0 aliphatic heterocycles. The zero-order valence-electron chi connectivity index (χ0n) is 11.6. The second-order valence-electron chi connectivity index (χ2n) is 5.01. The van der Waals surface area contributed by atoms with Gasteiger partial charge < -0.3 is 10.3 Å². The summed E-state index contributed by atoms with van der Waals surface area (Å²) in [6.45, 7) is 5.43. The predicted molar refractivity (Wildman–Crippen MR) is 81.8 cm³/mol. The second-order valence-corrected chi connectivity index (χ2v) is 5.80. The number of hydrogen-bond donors (Lipinski definition) is 2. The van der Waals surface area contributed by atoms with Crippen molar-refractivity contribution in [1.29, 1.82) is 0 Å². The van der Waals surface area contributed by atoms with Gasteiger partial charge in [0.05, 0.1) is 18.2 Å². The molecular formula is C13H18BrN5O. The van der Waals surface area contributed by atoms with Crippen LogP contribution in [0.15, 0.2) is 28.0 Å². The Kier molecular flexibility index (Phi) is 4.94. The number of rotatable bonds is 6. The quantitative estimate of drug-likeness (QED) is 0.844. The molecule has 0 aliphatic rings. The molecule has 0 aliphatic carbocycles. The molecule has 0 aromatic carbocycles. The maximum Gasteiger partial charge on any atom is 0.283 e. The van der Waals surface area contributed by atoms with Crippen molar-refractivity contribution in [3.05, 3.63) is 39.2 Å². The van der Waals surface area contributed by atoms with Crippen LogP contribution >= 0.6 is 15.9 Å². The zero-order chi connectivity index (χ0) is 14.5. The van der Waals surface area contributed by atoms with Crippen LogP contribution in [0.4, 0.5) is 5.69 Å². The molecule has 0 radical (unpaired) electrons. The fourth-order valence-corrected chi connectivity index (χ4v) is 2.26. The Morgan fingerprint density at radius 2 is 2.25 bits per heavy atom. The Morgan fingerprint density at radius 1 is 1.45 bits per heavy atom. The third-order valence-corrected chi connectivity index (χ3v) is 3.55. The molecule has 6 nitrogen and oxygen atoms in total. The van der Waals surface area contributed by atoms with Gasteiger partial charge in [0.15, 0.2) is 0 Å². The van der Waals surface area contributed by atoms with E-state index in [2.05, 4.69) is 50.2 Å². The van der Waals surface area contributed by atoms with Gasteiger partial charge in [-0.15, -0.1) is 0 Å². The van der Waals surface area contributed by atoms with Crippen LogP contribution in [0, 0.1) is 5.92 Å². The van der Waals surface area contributed by atoms with Crippen LogP contribution in [0.5, 0.6) is 0 Å². The molecule has 20 heavy (non-hydrogen) atoms. The normalized spacial score (nSPS) is 11.0. The van der Waals surface area contributed by atoms with Gasteiger partial charge >= 0.3 is 0 Å². The molecule has 2 rings (SSSR count). The Bertz CT molecular complexity index is 606. The average Bonchev–Trinajstić information content (AvgIpc) is 2.90. The predicted octanol–water partition coefficient (Wildman–Crippen LogP) is 2.04. The molecule has 0 atom stereocenters. The largest absolute Gasteiger partial charge is 0.382 e. The fraction of sp³-hybridized carbons (Fsp3) is 0.462. The van der Waals surface area contributed by atoms with Crippen molar-refractivity contribution in [3.63, 3.8) is 0 Å². The van der Waals surface area contributed by atoms with E-state index in [9.17, 15) is 4.79 Å². The minimum atomic E-state index is -0.106. The maximum atomic E-state index is 12.1. The topological polar surface area (TPSA) is 75.6 Å². The minimum Gasteiger partial charge on any atom is -0.382 e. The van der Waals surface area contributed by atoms with E-state index >= 15 is 0 Å². The third kappa shape index (κ3) is 3.69. The van der Waals surface area contributed by atoms with Crippen molar-refractivity contribution in [2.45, 2.75) is 26.8 Å². The summed E-state index contributed by atoms with van der Waals surface area (Å²) in [7, 11) is 0. The summed E-state index contributed by atoms with van der Waals surface area (Å²) < 4.78 is 2.01. The zero-order valence-corrected chi connectivity index (χ0v) is 13.1. The van der Waals surface area contributed by atoms with Crippen molar-refractivity contribution < 1.29 is 0 Å². The first-order chi connectivity index (χ1) is 9.58. The molecule has 0 unspecified atom stereocenters. The Hall–Kier alpha value is -1.63. The fourth-order valence-electron chi connectivity index (χ4n) is 1.82. The van der Waals surface area contributed by atoms with Gasteiger partial charge in [-0.2, -0.15) is 5.10 Å². The van der Waals surface area contributed by atoms with Gasteiger partial charge in [-0.25, -0.2) is 9.67 Å². The molecule has 0 fully saturated rings. The van der Waals surface area contributed by atoms with E-state index in [1.54, 1.807) is 18.7 Å². The highest BCUT2D eigenvalue weighted by molar-refractivity contribution is 9.10. The van der Waals surface area contributed by atoms with E-state index in [1.807, 2.05) is 0 Å². The second kappa shape index (κ2) is 6.69. The van der Waals surface area contributed by atoms with Gasteiger partial charge in [-0.05, 0) is 21.8 Å². The SMILES string of the molecule is CC(C)Cn1ncc(NCCc2cnc[nH]2)c(Br)c1=O. The molecule has 2 N–H and O–H groups in total.